The fraction of sp³-hybridized carbons (Fsp3) is 0.423. The second-order valence-corrected chi connectivity index (χ2v) is 9.15. The van der Waals surface area contributed by atoms with E-state index in [9.17, 15) is 19.5 Å². The van der Waals surface area contributed by atoms with Crippen molar-refractivity contribution in [3.05, 3.63) is 59.7 Å². The highest BCUT2D eigenvalue weighted by atomic mass is 16.6. The van der Waals surface area contributed by atoms with Crippen molar-refractivity contribution >= 4 is 18.0 Å². The van der Waals surface area contributed by atoms with Gasteiger partial charge in [0.25, 0.3) is 5.91 Å². The minimum Gasteiger partial charge on any atom is -0.480 e. The summed E-state index contributed by atoms with van der Waals surface area (Å²) in [4.78, 5) is 38.8. The van der Waals surface area contributed by atoms with E-state index in [1.165, 1.54) is 0 Å². The third-order valence-electron chi connectivity index (χ3n) is 6.48. The molecule has 1 aliphatic heterocycles. The molecule has 0 aromatic heterocycles. The van der Waals surface area contributed by atoms with Crippen LogP contribution in [0.25, 0.3) is 11.1 Å². The standard InChI is InChI=1S/C26H31N3O6/c1-29(2)13-11-22(25(31)32)27-24(30)23-21(12-14-34-23)28-26(33)35-15-20-18-9-5-3-7-16(18)17-8-4-6-10-19(17)20/h3-10,20-23H,11-15H2,1-2H3,(H,27,30)(H,28,33)(H,31,32). The Morgan fingerprint density at radius 1 is 1.09 bits per heavy atom. The Hall–Kier alpha value is -3.43. The van der Waals surface area contributed by atoms with Crippen molar-refractivity contribution in [2.45, 2.75) is 36.9 Å². The van der Waals surface area contributed by atoms with E-state index in [1.54, 1.807) is 0 Å². The quantitative estimate of drug-likeness (QED) is 0.503. The van der Waals surface area contributed by atoms with E-state index in [2.05, 4.69) is 22.8 Å². The summed E-state index contributed by atoms with van der Waals surface area (Å²) in [6, 6.07) is 14.5. The highest BCUT2D eigenvalue weighted by molar-refractivity contribution is 5.87. The van der Waals surface area contributed by atoms with Crippen LogP contribution in [0, 0.1) is 0 Å². The van der Waals surface area contributed by atoms with Gasteiger partial charge in [-0.25, -0.2) is 9.59 Å². The summed E-state index contributed by atoms with van der Waals surface area (Å²) in [5.74, 6) is -1.74. The zero-order valence-electron chi connectivity index (χ0n) is 19.9. The number of carbonyl (C=O) groups excluding carboxylic acids is 2. The third-order valence-corrected chi connectivity index (χ3v) is 6.48. The number of alkyl carbamates (subject to hydrolysis) is 1. The molecule has 4 rings (SSSR count). The largest absolute Gasteiger partial charge is 0.480 e. The van der Waals surface area contributed by atoms with Crippen molar-refractivity contribution in [3.8, 4) is 11.1 Å². The number of carboxylic acid groups (broad SMARTS) is 1. The van der Waals surface area contributed by atoms with Gasteiger partial charge in [0.2, 0.25) is 0 Å². The minimum absolute atomic E-state index is 0.0694. The van der Waals surface area contributed by atoms with Crippen LogP contribution in [0.1, 0.15) is 29.9 Å². The summed E-state index contributed by atoms with van der Waals surface area (Å²) in [6.07, 6.45) is -0.928. The van der Waals surface area contributed by atoms with Gasteiger partial charge in [-0.1, -0.05) is 48.5 Å². The monoisotopic (exact) mass is 481 g/mol. The molecule has 186 valence electrons. The third kappa shape index (κ3) is 5.63. The first-order chi connectivity index (χ1) is 16.8. The van der Waals surface area contributed by atoms with Crippen molar-refractivity contribution in [1.82, 2.24) is 15.5 Å². The van der Waals surface area contributed by atoms with E-state index in [1.807, 2.05) is 55.4 Å². The molecule has 2 amide bonds. The molecule has 1 saturated heterocycles. The van der Waals surface area contributed by atoms with Crippen molar-refractivity contribution in [3.63, 3.8) is 0 Å². The Bertz CT molecular complexity index is 1040. The number of aliphatic carboxylic acids is 1. The lowest BCUT2D eigenvalue weighted by Crippen LogP contribution is -2.52. The highest BCUT2D eigenvalue weighted by Gasteiger charge is 2.37. The SMILES string of the molecule is CN(C)CCC(NC(=O)C1OCCC1NC(=O)OCC1c2ccccc2-c2ccccc21)C(=O)O. The zero-order chi connectivity index (χ0) is 24.9. The lowest BCUT2D eigenvalue weighted by atomic mass is 9.98. The van der Waals surface area contributed by atoms with E-state index in [4.69, 9.17) is 9.47 Å². The van der Waals surface area contributed by atoms with Crippen LogP contribution < -0.4 is 10.6 Å². The molecule has 2 aromatic rings. The second-order valence-electron chi connectivity index (χ2n) is 9.15. The first-order valence-corrected chi connectivity index (χ1v) is 11.8. The van der Waals surface area contributed by atoms with Gasteiger partial charge in [0, 0.05) is 19.1 Å². The van der Waals surface area contributed by atoms with Crippen LogP contribution in [0.2, 0.25) is 0 Å². The molecular weight excluding hydrogens is 450 g/mol. The first-order valence-electron chi connectivity index (χ1n) is 11.8. The summed E-state index contributed by atoms with van der Waals surface area (Å²) in [7, 11) is 3.66. The zero-order valence-corrected chi connectivity index (χ0v) is 19.9. The summed E-state index contributed by atoms with van der Waals surface area (Å²) < 4.78 is 11.1. The summed E-state index contributed by atoms with van der Waals surface area (Å²) in [5, 5.41) is 14.7. The smallest absolute Gasteiger partial charge is 0.407 e. The van der Waals surface area contributed by atoms with Crippen LogP contribution in [0.15, 0.2) is 48.5 Å². The number of hydrogen-bond donors (Lipinski definition) is 3. The van der Waals surface area contributed by atoms with Crippen LogP contribution >= 0.6 is 0 Å². The normalized spacial score (nSPS) is 19.6. The molecule has 9 nitrogen and oxygen atoms in total. The van der Waals surface area contributed by atoms with E-state index in [0.29, 0.717) is 13.0 Å². The molecule has 0 saturated carbocycles. The Kier molecular flexibility index (Phi) is 7.67. The molecule has 3 N–H and O–H groups in total. The topological polar surface area (TPSA) is 117 Å². The predicted molar refractivity (Wildman–Crippen MR) is 129 cm³/mol. The van der Waals surface area contributed by atoms with Crippen LogP contribution in [0.5, 0.6) is 0 Å². The molecule has 1 heterocycles. The van der Waals surface area contributed by atoms with Gasteiger partial charge in [0.15, 0.2) is 6.10 Å². The van der Waals surface area contributed by atoms with Gasteiger partial charge >= 0.3 is 12.1 Å². The van der Waals surface area contributed by atoms with Gasteiger partial charge in [0.05, 0.1) is 6.04 Å². The number of rotatable bonds is 9. The maximum Gasteiger partial charge on any atom is 0.407 e. The molecule has 2 aromatic carbocycles. The number of benzene rings is 2. The first kappa shape index (κ1) is 24.7. The van der Waals surface area contributed by atoms with Crippen LogP contribution in [0.4, 0.5) is 4.79 Å². The molecule has 2 aliphatic rings. The van der Waals surface area contributed by atoms with Gasteiger partial charge in [-0.3, -0.25) is 4.79 Å². The van der Waals surface area contributed by atoms with Gasteiger partial charge in [0.1, 0.15) is 12.6 Å². The number of nitrogens with zero attached hydrogens (tertiary/aromatic N) is 1. The Morgan fingerprint density at radius 3 is 2.31 bits per heavy atom. The average molecular weight is 482 g/mol. The number of carboxylic acids is 1. The minimum atomic E-state index is -1.11. The fourth-order valence-corrected chi connectivity index (χ4v) is 4.69. The molecule has 9 heteroatoms. The number of carbonyl (C=O) groups is 3. The van der Waals surface area contributed by atoms with E-state index in [0.717, 1.165) is 22.3 Å². The summed E-state index contributed by atoms with van der Waals surface area (Å²) >= 11 is 0. The lowest BCUT2D eigenvalue weighted by molar-refractivity contribution is -0.144. The Labute approximate surface area is 204 Å². The maximum absolute atomic E-state index is 12.7. The molecule has 1 aliphatic carbocycles. The van der Waals surface area contributed by atoms with Crippen molar-refractivity contribution < 1.29 is 29.0 Å². The van der Waals surface area contributed by atoms with E-state index < -0.39 is 36.2 Å². The van der Waals surface area contributed by atoms with Crippen molar-refractivity contribution in [2.24, 2.45) is 0 Å². The molecule has 0 bridgehead atoms. The maximum atomic E-state index is 12.7. The Morgan fingerprint density at radius 2 is 1.71 bits per heavy atom. The lowest BCUT2D eigenvalue weighted by Gasteiger charge is -2.23. The molecular formula is C26H31N3O6. The molecule has 1 fully saturated rings. The number of amides is 2. The number of nitrogens with one attached hydrogen (secondary N) is 2. The Balaban J connectivity index is 1.34. The van der Waals surface area contributed by atoms with Gasteiger partial charge in [-0.2, -0.15) is 0 Å². The van der Waals surface area contributed by atoms with Gasteiger partial charge in [-0.05, 0) is 49.2 Å². The number of ether oxygens (including phenoxy) is 2. The predicted octanol–water partition coefficient (Wildman–Crippen LogP) is 2.20. The molecule has 3 unspecified atom stereocenters. The van der Waals surface area contributed by atoms with E-state index in [-0.39, 0.29) is 25.6 Å². The summed E-state index contributed by atoms with van der Waals surface area (Å²) in [5.41, 5.74) is 4.50. The van der Waals surface area contributed by atoms with Crippen LogP contribution in [0.3, 0.4) is 0 Å². The van der Waals surface area contributed by atoms with Crippen LogP contribution in [-0.2, 0) is 19.1 Å². The van der Waals surface area contributed by atoms with Gasteiger partial charge in [-0.15, -0.1) is 0 Å². The van der Waals surface area contributed by atoms with Crippen molar-refractivity contribution in [2.75, 3.05) is 33.9 Å². The number of hydrogen-bond acceptors (Lipinski definition) is 6. The fourth-order valence-electron chi connectivity index (χ4n) is 4.69. The molecule has 3 atom stereocenters. The second kappa shape index (κ2) is 10.9. The molecule has 0 radical (unpaired) electrons. The van der Waals surface area contributed by atoms with E-state index >= 15 is 0 Å². The van der Waals surface area contributed by atoms with Crippen LogP contribution in [-0.4, -0.2) is 80.0 Å². The summed E-state index contributed by atoms with van der Waals surface area (Å²) in [6.45, 7) is 0.946. The highest BCUT2D eigenvalue weighted by Crippen LogP contribution is 2.44. The molecule has 0 spiro atoms. The van der Waals surface area contributed by atoms with Gasteiger partial charge < -0.3 is 30.1 Å². The number of fused-ring (bicyclic) bond motifs is 3. The molecule has 35 heavy (non-hydrogen) atoms. The van der Waals surface area contributed by atoms with Crippen molar-refractivity contribution in [1.29, 1.82) is 0 Å². The average Bonchev–Trinajstić information content (AvgIpc) is 3.42.